The molecule has 5 rings (SSSR count). The molecule has 0 amide bonds. The smallest absolute Gasteiger partial charge is 0.263 e. The van der Waals surface area contributed by atoms with Crippen molar-refractivity contribution in [1.29, 1.82) is 0 Å². The molecule has 0 radical (unpaired) electrons. The summed E-state index contributed by atoms with van der Waals surface area (Å²) in [5.41, 5.74) is 3.16. The minimum Gasteiger partial charge on any atom is -0.263 e. The van der Waals surface area contributed by atoms with Gasteiger partial charge in [0.1, 0.15) is 0 Å². The van der Waals surface area contributed by atoms with Crippen molar-refractivity contribution in [3.8, 4) is 0 Å². The average Bonchev–Trinajstić information content (AvgIpc) is 3.10. The molecule has 0 bridgehead atoms. The van der Waals surface area contributed by atoms with Gasteiger partial charge in [-0.2, -0.15) is 8.42 Å². The lowest BCUT2D eigenvalue weighted by Crippen LogP contribution is -2.53. The summed E-state index contributed by atoms with van der Waals surface area (Å²) < 4.78 is 31.5. The summed E-state index contributed by atoms with van der Waals surface area (Å²) in [4.78, 5) is 0.276. The molecule has 0 heterocycles. The monoisotopic (exact) mass is 454 g/mol. The third kappa shape index (κ3) is 3.44. The van der Waals surface area contributed by atoms with Crippen molar-refractivity contribution in [3.05, 3.63) is 54.1 Å². The Kier molecular flexibility index (Phi) is 5.49. The molecule has 0 spiro atoms. The topological polar surface area (TPSA) is 43.4 Å². The molecule has 1 aromatic carbocycles. The molecule has 3 saturated carbocycles. The van der Waals surface area contributed by atoms with Gasteiger partial charge in [0.15, 0.2) is 0 Å². The molecular weight excluding hydrogens is 416 g/mol. The molecule has 0 aliphatic heterocycles. The first-order chi connectivity index (χ1) is 15.2. The Bertz CT molecular complexity index is 1020. The van der Waals surface area contributed by atoms with E-state index in [4.69, 9.17) is 4.18 Å². The lowest BCUT2D eigenvalue weighted by molar-refractivity contribution is -0.113. The highest BCUT2D eigenvalue weighted by Gasteiger charge is 2.58. The summed E-state index contributed by atoms with van der Waals surface area (Å²) in [6.07, 6.45) is 13.4. The van der Waals surface area contributed by atoms with Crippen LogP contribution >= 0.6 is 0 Å². The van der Waals surface area contributed by atoms with Gasteiger partial charge >= 0.3 is 0 Å². The van der Waals surface area contributed by atoms with Crippen molar-refractivity contribution >= 4 is 10.1 Å². The Morgan fingerprint density at radius 3 is 2.50 bits per heavy atom. The second kappa shape index (κ2) is 7.84. The quantitative estimate of drug-likeness (QED) is 0.468. The summed E-state index contributed by atoms with van der Waals surface area (Å²) in [6, 6.07) is 6.99. The van der Waals surface area contributed by atoms with Crippen LogP contribution in [-0.2, 0) is 14.3 Å². The van der Waals surface area contributed by atoms with Crippen LogP contribution in [0, 0.1) is 41.4 Å². The van der Waals surface area contributed by atoms with Crippen molar-refractivity contribution < 1.29 is 12.6 Å². The highest BCUT2D eigenvalue weighted by Crippen LogP contribution is 2.66. The zero-order valence-corrected chi connectivity index (χ0v) is 20.7. The molecule has 32 heavy (non-hydrogen) atoms. The van der Waals surface area contributed by atoms with Gasteiger partial charge in [0.2, 0.25) is 0 Å². The van der Waals surface area contributed by atoms with Gasteiger partial charge < -0.3 is 0 Å². The van der Waals surface area contributed by atoms with Gasteiger partial charge in [0, 0.05) is 0 Å². The summed E-state index contributed by atoms with van der Waals surface area (Å²) in [5.74, 6) is 2.86. The maximum atomic E-state index is 12.9. The zero-order valence-electron chi connectivity index (χ0n) is 19.8. The summed E-state index contributed by atoms with van der Waals surface area (Å²) in [6.45, 7) is 11.0. The number of fused-ring (bicyclic) bond motifs is 5. The van der Waals surface area contributed by atoms with Crippen molar-refractivity contribution in [2.45, 2.75) is 83.1 Å². The van der Waals surface area contributed by atoms with Gasteiger partial charge in [-0.25, -0.2) is 0 Å². The fourth-order valence-electron chi connectivity index (χ4n) is 8.16. The van der Waals surface area contributed by atoms with Crippen LogP contribution in [-0.4, -0.2) is 14.5 Å². The third-order valence-corrected chi connectivity index (χ3v) is 11.4. The van der Waals surface area contributed by atoms with Gasteiger partial charge in [0.05, 0.1) is 11.0 Å². The minimum atomic E-state index is -3.70. The number of allylic oxidation sites excluding steroid dienone is 3. The van der Waals surface area contributed by atoms with E-state index >= 15 is 0 Å². The normalized spacial score (nSPS) is 41.2. The SMILES string of the molecule is C=CC1=CC[C@H]2[C@@H]3CCC4CC(OS(=O)(=O)c5ccc(C)cc5)CC[C@]4(C)[C@H]3CC[C@]12C. The highest BCUT2D eigenvalue weighted by atomic mass is 32.2. The van der Waals surface area contributed by atoms with E-state index in [1.54, 1.807) is 12.1 Å². The van der Waals surface area contributed by atoms with Gasteiger partial charge in [-0.3, -0.25) is 4.18 Å². The van der Waals surface area contributed by atoms with Crippen LogP contribution in [0.1, 0.15) is 70.8 Å². The van der Waals surface area contributed by atoms with Gasteiger partial charge in [0.25, 0.3) is 10.1 Å². The maximum Gasteiger partial charge on any atom is 0.297 e. The van der Waals surface area contributed by atoms with Gasteiger partial charge in [-0.15, -0.1) is 0 Å². The largest absolute Gasteiger partial charge is 0.297 e. The van der Waals surface area contributed by atoms with Crippen molar-refractivity contribution in [2.24, 2.45) is 34.5 Å². The summed E-state index contributed by atoms with van der Waals surface area (Å²) in [7, 11) is -3.70. The zero-order chi connectivity index (χ0) is 22.7. The highest BCUT2D eigenvalue weighted by molar-refractivity contribution is 7.86. The van der Waals surface area contributed by atoms with Crippen LogP contribution in [0.25, 0.3) is 0 Å². The van der Waals surface area contributed by atoms with Crippen LogP contribution in [0.2, 0.25) is 0 Å². The molecule has 3 nitrogen and oxygen atoms in total. The van der Waals surface area contributed by atoms with E-state index in [0.29, 0.717) is 16.7 Å². The van der Waals surface area contributed by atoms with Crippen LogP contribution < -0.4 is 0 Å². The van der Waals surface area contributed by atoms with E-state index < -0.39 is 10.1 Å². The van der Waals surface area contributed by atoms with Gasteiger partial charge in [-0.1, -0.05) is 50.3 Å². The second-order valence-electron chi connectivity index (χ2n) is 11.5. The molecular formula is C28H38O3S. The lowest BCUT2D eigenvalue weighted by atomic mass is 9.44. The molecule has 0 N–H and O–H groups in total. The van der Waals surface area contributed by atoms with Crippen molar-refractivity contribution in [3.63, 3.8) is 0 Å². The maximum absolute atomic E-state index is 12.9. The lowest BCUT2D eigenvalue weighted by Gasteiger charge is -2.60. The number of rotatable bonds is 4. The average molecular weight is 455 g/mol. The Morgan fingerprint density at radius 2 is 1.78 bits per heavy atom. The van der Waals surface area contributed by atoms with E-state index in [1.165, 1.54) is 37.7 Å². The molecule has 4 aliphatic carbocycles. The molecule has 174 valence electrons. The first kappa shape index (κ1) is 22.4. The molecule has 2 unspecified atom stereocenters. The van der Waals surface area contributed by atoms with Crippen LogP contribution in [0.5, 0.6) is 0 Å². The van der Waals surface area contributed by atoms with E-state index in [0.717, 1.165) is 42.6 Å². The third-order valence-electron chi connectivity index (χ3n) is 10.1. The number of hydrogen-bond donors (Lipinski definition) is 0. The second-order valence-corrected chi connectivity index (χ2v) is 13.0. The molecule has 4 aliphatic rings. The molecule has 0 saturated heterocycles. The molecule has 3 fully saturated rings. The Labute approximate surface area is 194 Å². The van der Waals surface area contributed by atoms with Crippen LogP contribution in [0.15, 0.2) is 53.5 Å². The minimum absolute atomic E-state index is 0.190. The molecule has 1 aromatic rings. The fraction of sp³-hybridized carbons (Fsp3) is 0.643. The van der Waals surface area contributed by atoms with Gasteiger partial charge in [-0.05, 0) is 110 Å². The number of benzene rings is 1. The fourth-order valence-corrected chi connectivity index (χ4v) is 9.28. The van der Waals surface area contributed by atoms with Crippen molar-refractivity contribution in [2.75, 3.05) is 0 Å². The Morgan fingerprint density at radius 1 is 1.03 bits per heavy atom. The van der Waals surface area contributed by atoms with E-state index in [1.807, 2.05) is 19.1 Å². The Hall–Kier alpha value is -1.39. The Balaban J connectivity index is 1.30. The predicted octanol–water partition coefficient (Wildman–Crippen LogP) is 6.83. The molecule has 0 aromatic heterocycles. The molecule has 4 heteroatoms. The van der Waals surface area contributed by atoms with E-state index in [-0.39, 0.29) is 11.0 Å². The first-order valence-corrected chi connectivity index (χ1v) is 13.9. The van der Waals surface area contributed by atoms with E-state index in [9.17, 15) is 8.42 Å². The van der Waals surface area contributed by atoms with E-state index in [2.05, 4.69) is 32.6 Å². The molecule has 7 atom stereocenters. The van der Waals surface area contributed by atoms with Crippen molar-refractivity contribution in [1.82, 2.24) is 0 Å². The van der Waals surface area contributed by atoms with Crippen LogP contribution in [0.3, 0.4) is 0 Å². The summed E-state index contributed by atoms with van der Waals surface area (Å²) >= 11 is 0. The standard InChI is InChI=1S/C28H38O3S/c1-5-20-9-13-25-24-12-8-21-18-22(31-32(29,30)23-10-6-19(2)7-11-23)14-16-28(21,4)26(24)15-17-27(20,25)3/h5-7,9-11,21-22,24-26H,1,8,12-18H2,2-4H3/t21?,22?,24-,25-,26-,27+,28-/m0/s1. The summed E-state index contributed by atoms with van der Waals surface area (Å²) in [5, 5.41) is 0. The van der Waals surface area contributed by atoms with Crippen LogP contribution in [0.4, 0.5) is 0 Å². The first-order valence-electron chi connectivity index (χ1n) is 12.5. The predicted molar refractivity (Wildman–Crippen MR) is 129 cm³/mol. The number of hydrogen-bond acceptors (Lipinski definition) is 3. The number of aryl methyl sites for hydroxylation is 1.